The molecule has 0 saturated carbocycles. The predicted octanol–water partition coefficient (Wildman–Crippen LogP) is 5.17. The van der Waals surface area contributed by atoms with Gasteiger partial charge in [0.15, 0.2) is 5.82 Å². The van der Waals surface area contributed by atoms with Crippen molar-refractivity contribution in [3.63, 3.8) is 0 Å². The number of pyridine rings is 1. The zero-order chi connectivity index (χ0) is 23.4. The van der Waals surface area contributed by atoms with E-state index < -0.39 is 6.03 Å². The summed E-state index contributed by atoms with van der Waals surface area (Å²) in [6.45, 7) is 5.38. The lowest BCUT2D eigenvalue weighted by atomic mass is 10.2. The second-order valence-corrected chi connectivity index (χ2v) is 9.39. The van der Waals surface area contributed by atoms with Crippen molar-refractivity contribution in [2.75, 3.05) is 49.1 Å². The summed E-state index contributed by atoms with van der Waals surface area (Å²) in [7, 11) is 0. The Labute approximate surface area is 208 Å². The highest BCUT2D eigenvalue weighted by molar-refractivity contribution is 6.43. The molecule has 2 amide bonds. The molecule has 0 spiro atoms. The van der Waals surface area contributed by atoms with Crippen molar-refractivity contribution >= 4 is 57.9 Å². The first kappa shape index (κ1) is 24.0. The highest BCUT2D eigenvalue weighted by atomic mass is 35.5. The fraction of sp³-hybridized carbons (Fsp3) is 0.391. The molecule has 0 radical (unpaired) electrons. The van der Waals surface area contributed by atoms with Crippen LogP contribution in [0.1, 0.15) is 19.3 Å². The van der Waals surface area contributed by atoms with E-state index in [2.05, 4.69) is 14.9 Å². The minimum Gasteiger partial charge on any atom is -0.368 e. The average molecular weight is 510 g/mol. The molecule has 3 heterocycles. The number of anilines is 2. The maximum Gasteiger partial charge on any atom is 0.320 e. The molecule has 0 unspecified atom stereocenters. The van der Waals surface area contributed by atoms with Crippen LogP contribution in [0.25, 0.3) is 5.52 Å². The van der Waals surface area contributed by atoms with Crippen molar-refractivity contribution in [3.8, 4) is 0 Å². The SMILES string of the molecule is NC(=O)N(CCCCCN1CCN(c2cccc(Cl)c2Cl)CC1)c1cc2ccc(Cl)cn2n1. The van der Waals surface area contributed by atoms with Gasteiger partial charge in [0.1, 0.15) is 0 Å². The van der Waals surface area contributed by atoms with Crippen LogP contribution in [0.5, 0.6) is 0 Å². The summed E-state index contributed by atoms with van der Waals surface area (Å²) in [4.78, 5) is 18.3. The fourth-order valence-electron chi connectivity index (χ4n) is 4.15. The van der Waals surface area contributed by atoms with E-state index in [1.165, 1.54) is 4.90 Å². The maximum atomic E-state index is 12.0. The van der Waals surface area contributed by atoms with Crippen molar-refractivity contribution < 1.29 is 4.79 Å². The Kier molecular flexibility index (Phi) is 7.86. The lowest BCUT2D eigenvalue weighted by Crippen LogP contribution is -2.46. The molecule has 2 N–H and O–H groups in total. The molecule has 33 heavy (non-hydrogen) atoms. The molecular weight excluding hydrogens is 483 g/mol. The van der Waals surface area contributed by atoms with Crippen LogP contribution in [-0.2, 0) is 0 Å². The number of urea groups is 1. The third-order valence-corrected chi connectivity index (χ3v) is 6.99. The van der Waals surface area contributed by atoms with Gasteiger partial charge in [0.05, 0.1) is 26.3 Å². The van der Waals surface area contributed by atoms with Crippen LogP contribution in [0.2, 0.25) is 15.1 Å². The number of primary amides is 1. The number of nitrogens with zero attached hydrogens (tertiary/aromatic N) is 5. The van der Waals surface area contributed by atoms with E-state index >= 15 is 0 Å². The van der Waals surface area contributed by atoms with Gasteiger partial charge in [0, 0.05) is 45.0 Å². The molecule has 1 aromatic carbocycles. The molecule has 3 aromatic rings. The van der Waals surface area contributed by atoms with Gasteiger partial charge in [-0.3, -0.25) is 9.80 Å². The Morgan fingerprint density at radius 1 is 1.03 bits per heavy atom. The molecular formula is C23H27Cl3N6O. The van der Waals surface area contributed by atoms with Crippen LogP contribution in [0.3, 0.4) is 0 Å². The van der Waals surface area contributed by atoms with Crippen LogP contribution in [0.4, 0.5) is 16.3 Å². The number of carbonyl (C=O) groups excluding carboxylic acids is 1. The summed E-state index contributed by atoms with van der Waals surface area (Å²) < 4.78 is 1.66. The van der Waals surface area contributed by atoms with Gasteiger partial charge in [-0.1, -0.05) is 47.3 Å². The molecule has 0 atom stereocenters. The summed E-state index contributed by atoms with van der Waals surface area (Å²) in [5.74, 6) is 0.542. The van der Waals surface area contributed by atoms with Gasteiger partial charge >= 0.3 is 6.03 Å². The molecule has 176 valence electrons. The Hall–Kier alpha value is -2.19. The number of carbonyl (C=O) groups is 1. The van der Waals surface area contributed by atoms with E-state index in [4.69, 9.17) is 40.5 Å². The van der Waals surface area contributed by atoms with Gasteiger partial charge in [-0.25, -0.2) is 9.31 Å². The highest BCUT2D eigenvalue weighted by Gasteiger charge is 2.20. The van der Waals surface area contributed by atoms with Crippen LogP contribution >= 0.6 is 34.8 Å². The first-order chi connectivity index (χ1) is 15.9. The van der Waals surface area contributed by atoms with Crippen LogP contribution in [0, 0.1) is 0 Å². The van der Waals surface area contributed by atoms with Gasteiger partial charge in [0.2, 0.25) is 0 Å². The van der Waals surface area contributed by atoms with E-state index in [1.54, 1.807) is 16.8 Å². The summed E-state index contributed by atoms with van der Waals surface area (Å²) in [5, 5.41) is 6.24. The molecule has 1 aliphatic heterocycles. The molecule has 0 bridgehead atoms. The van der Waals surface area contributed by atoms with Gasteiger partial charge in [0.25, 0.3) is 0 Å². The quantitative estimate of drug-likeness (QED) is 0.425. The second kappa shape index (κ2) is 10.8. The van der Waals surface area contributed by atoms with Crippen LogP contribution in [-0.4, -0.2) is 59.8 Å². The third-order valence-electron chi connectivity index (χ3n) is 5.95. The van der Waals surface area contributed by atoms with Crippen LogP contribution in [0.15, 0.2) is 42.6 Å². The lowest BCUT2D eigenvalue weighted by Gasteiger charge is -2.36. The zero-order valence-corrected chi connectivity index (χ0v) is 20.5. The maximum absolute atomic E-state index is 12.0. The number of benzene rings is 1. The normalized spacial score (nSPS) is 14.7. The van der Waals surface area contributed by atoms with E-state index in [0.29, 0.717) is 27.4 Å². The Morgan fingerprint density at radius 3 is 2.58 bits per heavy atom. The van der Waals surface area contributed by atoms with Gasteiger partial charge in [-0.05, 0) is 43.7 Å². The number of aromatic nitrogens is 2. The summed E-state index contributed by atoms with van der Waals surface area (Å²) in [6.07, 6.45) is 4.63. The fourth-order valence-corrected chi connectivity index (χ4v) is 4.72. The van der Waals surface area contributed by atoms with E-state index in [0.717, 1.165) is 63.2 Å². The molecule has 10 heteroatoms. The highest BCUT2D eigenvalue weighted by Crippen LogP contribution is 2.32. The number of unbranched alkanes of at least 4 members (excludes halogenated alkanes) is 2. The lowest BCUT2D eigenvalue weighted by molar-refractivity contribution is 0.250. The summed E-state index contributed by atoms with van der Waals surface area (Å²) >= 11 is 18.5. The van der Waals surface area contributed by atoms with E-state index in [1.807, 2.05) is 30.3 Å². The molecule has 1 saturated heterocycles. The van der Waals surface area contributed by atoms with Gasteiger partial charge in [-0.2, -0.15) is 0 Å². The smallest absolute Gasteiger partial charge is 0.320 e. The Balaban J connectivity index is 1.21. The van der Waals surface area contributed by atoms with Crippen molar-refractivity contribution in [1.82, 2.24) is 14.5 Å². The first-order valence-corrected chi connectivity index (χ1v) is 12.2. The largest absolute Gasteiger partial charge is 0.368 e. The first-order valence-electron chi connectivity index (χ1n) is 11.1. The van der Waals surface area contributed by atoms with Crippen molar-refractivity contribution in [2.24, 2.45) is 5.73 Å². The number of piperazine rings is 1. The monoisotopic (exact) mass is 508 g/mol. The van der Waals surface area contributed by atoms with Crippen LogP contribution < -0.4 is 15.5 Å². The number of hydrogen-bond acceptors (Lipinski definition) is 4. The standard InChI is InChI=1S/C23H27Cl3N6O/c24-17-7-8-18-15-21(28-32(18)16-17)31(23(27)33)10-3-1-2-9-29-11-13-30(14-12-29)20-6-4-5-19(25)22(20)26/h4-8,15-16H,1-3,9-14H2,(H2,27,33). The minimum atomic E-state index is -0.500. The molecule has 7 nitrogen and oxygen atoms in total. The number of hydrogen-bond donors (Lipinski definition) is 1. The summed E-state index contributed by atoms with van der Waals surface area (Å²) in [5.41, 5.74) is 7.48. The Bertz CT molecular complexity index is 1110. The average Bonchev–Trinajstić information content (AvgIpc) is 3.21. The molecule has 4 rings (SSSR count). The van der Waals surface area contributed by atoms with Crippen molar-refractivity contribution in [1.29, 1.82) is 0 Å². The molecule has 2 aromatic heterocycles. The summed E-state index contributed by atoms with van der Waals surface area (Å²) in [6, 6.07) is 10.8. The number of amides is 2. The number of rotatable bonds is 8. The van der Waals surface area contributed by atoms with Crippen molar-refractivity contribution in [2.45, 2.75) is 19.3 Å². The molecule has 1 aliphatic rings. The minimum absolute atomic E-state index is 0.500. The third kappa shape index (κ3) is 5.84. The Morgan fingerprint density at radius 2 is 1.82 bits per heavy atom. The topological polar surface area (TPSA) is 70.1 Å². The number of fused-ring (bicyclic) bond motifs is 1. The predicted molar refractivity (Wildman–Crippen MR) is 136 cm³/mol. The second-order valence-electron chi connectivity index (χ2n) is 8.17. The van der Waals surface area contributed by atoms with E-state index in [9.17, 15) is 4.79 Å². The molecule has 0 aliphatic carbocycles. The number of halogens is 3. The van der Waals surface area contributed by atoms with E-state index in [-0.39, 0.29) is 0 Å². The van der Waals surface area contributed by atoms with Crippen molar-refractivity contribution in [3.05, 3.63) is 57.7 Å². The molecule has 1 fully saturated rings. The zero-order valence-electron chi connectivity index (χ0n) is 18.3. The van der Waals surface area contributed by atoms with Gasteiger partial charge in [-0.15, -0.1) is 5.10 Å². The number of nitrogens with two attached hydrogens (primary N) is 1. The van der Waals surface area contributed by atoms with Gasteiger partial charge < -0.3 is 10.6 Å².